The summed E-state index contributed by atoms with van der Waals surface area (Å²) in [4.78, 5) is 6.48. The van der Waals surface area contributed by atoms with E-state index in [1.165, 1.54) is 6.07 Å². The first-order valence-corrected chi connectivity index (χ1v) is 7.77. The van der Waals surface area contributed by atoms with Crippen LogP contribution in [0.15, 0.2) is 45.3 Å². The Morgan fingerprint density at radius 1 is 1.08 bits per heavy atom. The fourth-order valence-corrected chi connectivity index (χ4v) is 2.63. The van der Waals surface area contributed by atoms with Gasteiger partial charge in [0.25, 0.3) is 5.89 Å². The smallest absolute Gasteiger partial charge is 0.293 e. The van der Waals surface area contributed by atoms with E-state index in [0.717, 1.165) is 32.1 Å². The lowest BCUT2D eigenvalue weighted by atomic mass is 10.2. The van der Waals surface area contributed by atoms with Crippen molar-refractivity contribution in [1.29, 1.82) is 0 Å². The van der Waals surface area contributed by atoms with Gasteiger partial charge in [0, 0.05) is 13.1 Å². The van der Waals surface area contributed by atoms with Crippen LogP contribution in [0.3, 0.4) is 0 Å². The van der Waals surface area contributed by atoms with E-state index in [1.54, 1.807) is 24.3 Å². The molecule has 1 fully saturated rings. The lowest BCUT2D eigenvalue weighted by Crippen LogP contribution is -2.35. The molecule has 0 saturated carbocycles. The topological polar surface area (TPSA) is 64.5 Å². The Balaban J connectivity index is 1.52. The quantitative estimate of drug-likeness (QED) is 0.733. The zero-order chi connectivity index (χ0) is 16.4. The second-order valence-electron chi connectivity index (χ2n) is 5.56. The lowest BCUT2D eigenvalue weighted by molar-refractivity contribution is 0.0314. The molecule has 3 aromatic rings. The van der Waals surface area contributed by atoms with Crippen molar-refractivity contribution in [2.24, 2.45) is 0 Å². The number of morpholine rings is 1. The van der Waals surface area contributed by atoms with Crippen LogP contribution in [-0.2, 0) is 11.3 Å². The van der Waals surface area contributed by atoms with E-state index in [9.17, 15) is 4.39 Å². The Morgan fingerprint density at radius 2 is 1.92 bits per heavy atom. The summed E-state index contributed by atoms with van der Waals surface area (Å²) < 4.78 is 30.1. The number of rotatable bonds is 4. The molecule has 0 unspecified atom stereocenters. The summed E-state index contributed by atoms with van der Waals surface area (Å²) in [5.41, 5.74) is 0.299. The number of hydrogen-bond donors (Lipinski definition) is 0. The van der Waals surface area contributed by atoms with Gasteiger partial charge >= 0.3 is 0 Å². The van der Waals surface area contributed by atoms with Crippen LogP contribution in [0.4, 0.5) is 4.39 Å². The molecule has 2 aromatic heterocycles. The van der Waals surface area contributed by atoms with Crippen molar-refractivity contribution >= 4 is 0 Å². The molecule has 0 N–H and O–H groups in total. The number of furan rings is 1. The lowest BCUT2D eigenvalue weighted by Gasteiger charge is -2.25. The molecule has 3 heterocycles. The average molecular weight is 329 g/mol. The maximum atomic E-state index is 13.8. The van der Waals surface area contributed by atoms with E-state index in [4.69, 9.17) is 13.7 Å². The van der Waals surface area contributed by atoms with Crippen molar-refractivity contribution in [1.82, 2.24) is 15.0 Å². The Bertz CT molecular complexity index is 824. The fraction of sp³-hybridized carbons (Fsp3) is 0.294. The molecule has 0 atom stereocenters. The number of hydrogen-bond acceptors (Lipinski definition) is 6. The van der Waals surface area contributed by atoms with Gasteiger partial charge in [-0.25, -0.2) is 4.39 Å². The van der Waals surface area contributed by atoms with Gasteiger partial charge < -0.3 is 13.7 Å². The molecule has 1 saturated heterocycles. The predicted molar refractivity (Wildman–Crippen MR) is 83.5 cm³/mol. The van der Waals surface area contributed by atoms with Gasteiger partial charge in [-0.1, -0.05) is 17.3 Å². The van der Waals surface area contributed by atoms with Gasteiger partial charge in [-0.3, -0.25) is 4.90 Å². The third-order valence-corrected chi connectivity index (χ3v) is 3.90. The highest BCUT2D eigenvalue weighted by atomic mass is 19.1. The Labute approximate surface area is 137 Å². The Morgan fingerprint density at radius 3 is 2.75 bits per heavy atom. The number of aromatic nitrogens is 2. The van der Waals surface area contributed by atoms with Crippen molar-refractivity contribution in [2.45, 2.75) is 6.54 Å². The number of benzene rings is 1. The van der Waals surface area contributed by atoms with Crippen LogP contribution in [-0.4, -0.2) is 41.3 Å². The van der Waals surface area contributed by atoms with Crippen LogP contribution in [0.5, 0.6) is 0 Å². The first kappa shape index (κ1) is 15.0. The van der Waals surface area contributed by atoms with E-state index in [1.807, 2.05) is 6.07 Å². The first-order chi connectivity index (χ1) is 11.8. The maximum Gasteiger partial charge on any atom is 0.293 e. The molecule has 124 valence electrons. The van der Waals surface area contributed by atoms with Crippen molar-refractivity contribution in [3.8, 4) is 23.0 Å². The van der Waals surface area contributed by atoms with E-state index >= 15 is 0 Å². The minimum Gasteiger partial charge on any atom is -0.455 e. The number of halogens is 1. The molecule has 0 spiro atoms. The average Bonchev–Trinajstić information content (AvgIpc) is 3.25. The minimum atomic E-state index is -0.391. The summed E-state index contributed by atoms with van der Waals surface area (Å²) in [6.45, 7) is 3.95. The van der Waals surface area contributed by atoms with Crippen LogP contribution >= 0.6 is 0 Å². The van der Waals surface area contributed by atoms with Crippen LogP contribution in [0, 0.1) is 5.82 Å². The highest BCUT2D eigenvalue weighted by Crippen LogP contribution is 2.25. The molecule has 7 heteroatoms. The minimum absolute atomic E-state index is 0.203. The fourth-order valence-electron chi connectivity index (χ4n) is 2.63. The molecule has 0 radical (unpaired) electrons. The van der Waals surface area contributed by atoms with Crippen molar-refractivity contribution in [3.05, 3.63) is 48.0 Å². The summed E-state index contributed by atoms with van der Waals surface area (Å²) >= 11 is 0. The second-order valence-corrected chi connectivity index (χ2v) is 5.56. The van der Waals surface area contributed by atoms with Crippen LogP contribution in [0.2, 0.25) is 0 Å². The molecular weight excluding hydrogens is 313 g/mol. The van der Waals surface area contributed by atoms with Gasteiger partial charge in [0.05, 0.1) is 25.3 Å². The highest BCUT2D eigenvalue weighted by Gasteiger charge is 2.18. The van der Waals surface area contributed by atoms with Crippen molar-refractivity contribution < 1.29 is 18.1 Å². The zero-order valence-corrected chi connectivity index (χ0v) is 12.9. The molecule has 0 aliphatic carbocycles. The van der Waals surface area contributed by atoms with E-state index < -0.39 is 5.82 Å². The molecule has 6 nitrogen and oxygen atoms in total. The SMILES string of the molecule is Fc1ccccc1-c1noc(-c2ccc(CN3CCOCC3)o2)n1. The molecule has 1 aromatic carbocycles. The van der Waals surface area contributed by atoms with Crippen LogP contribution < -0.4 is 0 Å². The van der Waals surface area contributed by atoms with E-state index in [-0.39, 0.29) is 11.7 Å². The third-order valence-electron chi connectivity index (χ3n) is 3.90. The number of nitrogens with zero attached hydrogens (tertiary/aromatic N) is 3. The second kappa shape index (κ2) is 6.54. The van der Waals surface area contributed by atoms with Gasteiger partial charge in [0.15, 0.2) is 5.76 Å². The molecular formula is C17H16FN3O3. The largest absolute Gasteiger partial charge is 0.455 e. The molecule has 1 aliphatic heterocycles. The summed E-state index contributed by atoms with van der Waals surface area (Å²) in [7, 11) is 0. The summed E-state index contributed by atoms with van der Waals surface area (Å²) in [6.07, 6.45) is 0. The molecule has 4 rings (SSSR count). The normalized spacial score (nSPS) is 15.7. The van der Waals surface area contributed by atoms with Gasteiger partial charge in [0.1, 0.15) is 11.6 Å². The Kier molecular flexibility index (Phi) is 4.10. The Hall–Kier alpha value is -2.51. The summed E-state index contributed by atoms with van der Waals surface area (Å²) in [6, 6.07) is 9.98. The zero-order valence-electron chi connectivity index (χ0n) is 12.9. The van der Waals surface area contributed by atoms with E-state index in [2.05, 4.69) is 15.0 Å². The maximum absolute atomic E-state index is 13.8. The predicted octanol–water partition coefficient (Wildman–Crippen LogP) is 2.97. The third kappa shape index (κ3) is 3.08. The monoisotopic (exact) mass is 329 g/mol. The van der Waals surface area contributed by atoms with Crippen LogP contribution in [0.25, 0.3) is 23.0 Å². The van der Waals surface area contributed by atoms with E-state index in [0.29, 0.717) is 17.9 Å². The molecule has 0 bridgehead atoms. The van der Waals surface area contributed by atoms with Crippen LogP contribution in [0.1, 0.15) is 5.76 Å². The molecule has 24 heavy (non-hydrogen) atoms. The van der Waals surface area contributed by atoms with Gasteiger partial charge in [-0.05, 0) is 24.3 Å². The van der Waals surface area contributed by atoms with Crippen molar-refractivity contribution in [2.75, 3.05) is 26.3 Å². The van der Waals surface area contributed by atoms with Gasteiger partial charge in [-0.2, -0.15) is 4.98 Å². The molecule has 0 amide bonds. The van der Waals surface area contributed by atoms with Crippen molar-refractivity contribution in [3.63, 3.8) is 0 Å². The molecule has 1 aliphatic rings. The summed E-state index contributed by atoms with van der Waals surface area (Å²) in [5, 5.41) is 3.84. The standard InChI is InChI=1S/C17H16FN3O3/c18-14-4-2-1-3-13(14)16-19-17(24-20-16)15-6-5-12(23-15)11-21-7-9-22-10-8-21/h1-6H,7-11H2. The highest BCUT2D eigenvalue weighted by molar-refractivity contribution is 5.57. The first-order valence-electron chi connectivity index (χ1n) is 7.77. The number of ether oxygens (including phenoxy) is 1. The van der Waals surface area contributed by atoms with Gasteiger partial charge in [-0.15, -0.1) is 0 Å². The van der Waals surface area contributed by atoms with Gasteiger partial charge in [0.2, 0.25) is 5.82 Å². The summed E-state index contributed by atoms with van der Waals surface area (Å²) in [5.74, 6) is 1.35.